The molecule has 1 N–H and O–H groups in total. The molecule has 0 radical (unpaired) electrons. The fourth-order valence-corrected chi connectivity index (χ4v) is 1.65. The molecule has 4 heteroatoms. The Labute approximate surface area is 116 Å². The molecule has 0 unspecified atom stereocenters. The summed E-state index contributed by atoms with van der Waals surface area (Å²) in [6, 6.07) is 16.4. The van der Waals surface area contributed by atoms with Crippen LogP contribution in [0.2, 0.25) is 0 Å². The molecule has 0 heterocycles. The Balaban J connectivity index is 2.07. The quantitative estimate of drug-likeness (QED) is 0.522. The van der Waals surface area contributed by atoms with E-state index in [1.165, 1.54) is 0 Å². The third-order valence-corrected chi connectivity index (χ3v) is 2.81. The second-order valence-corrected chi connectivity index (χ2v) is 4.43. The van der Waals surface area contributed by atoms with Gasteiger partial charge in [0.05, 0.1) is 5.69 Å². The number of ketones is 1. The highest BCUT2D eigenvalue weighted by Gasteiger charge is 2.10. The van der Waals surface area contributed by atoms with Crippen molar-refractivity contribution in [1.29, 1.82) is 0 Å². The summed E-state index contributed by atoms with van der Waals surface area (Å²) >= 11 is 5.88. The lowest BCUT2D eigenvalue weighted by atomic mass is 10.1. The smallest absolute Gasteiger partial charge is 0.224 e. The number of carbonyl (C=O) groups excluding carboxylic acids is 1. The molecule has 0 atom stereocenters. The van der Waals surface area contributed by atoms with Crippen LogP contribution in [0.15, 0.2) is 59.7 Å². The van der Waals surface area contributed by atoms with E-state index in [9.17, 15) is 4.79 Å². The van der Waals surface area contributed by atoms with E-state index in [1.807, 2.05) is 37.3 Å². The highest BCUT2D eigenvalue weighted by Crippen LogP contribution is 2.10. The van der Waals surface area contributed by atoms with Crippen molar-refractivity contribution in [2.45, 2.75) is 6.92 Å². The summed E-state index contributed by atoms with van der Waals surface area (Å²) in [6.45, 7) is 2.00. The Hall–Kier alpha value is -2.13. The van der Waals surface area contributed by atoms with Gasteiger partial charge in [0.15, 0.2) is 5.17 Å². The number of nitrogens with zero attached hydrogens (tertiary/aromatic N) is 1. The first kappa shape index (κ1) is 13.3. The van der Waals surface area contributed by atoms with Crippen molar-refractivity contribution in [3.8, 4) is 0 Å². The van der Waals surface area contributed by atoms with Crippen molar-refractivity contribution in [2.75, 3.05) is 5.43 Å². The van der Waals surface area contributed by atoms with Crippen LogP contribution in [0.5, 0.6) is 0 Å². The van der Waals surface area contributed by atoms with E-state index in [-0.39, 0.29) is 11.0 Å². The van der Waals surface area contributed by atoms with Crippen LogP contribution in [0.1, 0.15) is 15.9 Å². The molecule has 0 spiro atoms. The standard InChI is InChI=1S/C15H13ClN2O/c1-11-7-9-13(10-8-11)17-18-15(16)14(19)12-5-3-2-4-6-12/h2-10,17H,1H3. The predicted octanol–water partition coefficient (Wildman–Crippen LogP) is 3.84. The van der Waals surface area contributed by atoms with Gasteiger partial charge in [0.25, 0.3) is 0 Å². The number of nitrogens with one attached hydrogen (secondary N) is 1. The fourth-order valence-electron chi connectivity index (χ4n) is 1.50. The zero-order chi connectivity index (χ0) is 13.7. The van der Waals surface area contributed by atoms with E-state index in [4.69, 9.17) is 11.6 Å². The number of halogens is 1. The Morgan fingerprint density at radius 2 is 1.68 bits per heavy atom. The van der Waals surface area contributed by atoms with Gasteiger partial charge in [-0.05, 0) is 19.1 Å². The topological polar surface area (TPSA) is 41.5 Å². The SMILES string of the molecule is Cc1ccc(NN=C(Cl)C(=O)c2ccccc2)cc1. The number of rotatable bonds is 4. The van der Waals surface area contributed by atoms with E-state index < -0.39 is 0 Å². The van der Waals surface area contributed by atoms with Gasteiger partial charge in [0.2, 0.25) is 5.78 Å². The van der Waals surface area contributed by atoms with Crippen molar-refractivity contribution >= 4 is 28.2 Å². The number of hydrazone groups is 1. The average Bonchev–Trinajstić information content (AvgIpc) is 2.46. The summed E-state index contributed by atoms with van der Waals surface area (Å²) in [5.41, 5.74) is 5.21. The van der Waals surface area contributed by atoms with Crippen LogP contribution in [0.25, 0.3) is 0 Å². The molecule has 0 aliphatic heterocycles. The van der Waals surface area contributed by atoms with E-state index in [1.54, 1.807) is 24.3 Å². The Morgan fingerprint density at radius 3 is 2.32 bits per heavy atom. The van der Waals surface area contributed by atoms with Crippen LogP contribution >= 0.6 is 11.6 Å². The summed E-state index contributed by atoms with van der Waals surface area (Å²) in [6.07, 6.45) is 0. The zero-order valence-electron chi connectivity index (χ0n) is 10.4. The maximum atomic E-state index is 11.9. The summed E-state index contributed by atoms with van der Waals surface area (Å²) in [4.78, 5) is 11.9. The van der Waals surface area contributed by atoms with Gasteiger partial charge in [-0.15, -0.1) is 0 Å². The molecule has 0 aliphatic rings. The molecule has 0 bridgehead atoms. The Morgan fingerprint density at radius 1 is 1.05 bits per heavy atom. The fraction of sp³-hybridized carbons (Fsp3) is 0.0667. The maximum Gasteiger partial charge on any atom is 0.224 e. The minimum Gasteiger partial charge on any atom is -0.286 e. The van der Waals surface area contributed by atoms with Crippen molar-refractivity contribution in [3.05, 3.63) is 65.7 Å². The largest absolute Gasteiger partial charge is 0.286 e. The molecular formula is C15H13ClN2O. The Kier molecular flexibility index (Phi) is 4.31. The van der Waals surface area contributed by atoms with Gasteiger partial charge in [-0.25, -0.2) is 0 Å². The van der Waals surface area contributed by atoms with Crippen LogP contribution in [0, 0.1) is 6.92 Å². The lowest BCUT2D eigenvalue weighted by Crippen LogP contribution is -2.09. The van der Waals surface area contributed by atoms with E-state index in [0.717, 1.165) is 11.3 Å². The molecule has 19 heavy (non-hydrogen) atoms. The van der Waals surface area contributed by atoms with Gasteiger partial charge in [-0.3, -0.25) is 10.2 Å². The number of aryl methyl sites for hydroxylation is 1. The molecule has 0 saturated heterocycles. The van der Waals surface area contributed by atoms with Gasteiger partial charge in [0.1, 0.15) is 0 Å². The summed E-state index contributed by atoms with van der Waals surface area (Å²) in [5.74, 6) is -0.304. The highest BCUT2D eigenvalue weighted by molar-refractivity contribution is 6.84. The normalized spacial score (nSPS) is 11.2. The van der Waals surface area contributed by atoms with Gasteiger partial charge >= 0.3 is 0 Å². The number of benzene rings is 2. The zero-order valence-corrected chi connectivity index (χ0v) is 11.2. The Bertz CT molecular complexity index is 591. The molecule has 0 aromatic heterocycles. The molecule has 0 aliphatic carbocycles. The van der Waals surface area contributed by atoms with Crippen molar-refractivity contribution in [1.82, 2.24) is 0 Å². The van der Waals surface area contributed by atoms with Gasteiger partial charge in [-0.1, -0.05) is 59.6 Å². The van der Waals surface area contributed by atoms with Crippen molar-refractivity contribution in [2.24, 2.45) is 5.10 Å². The number of anilines is 1. The summed E-state index contributed by atoms with van der Waals surface area (Å²) in [5, 5.41) is 3.79. The third-order valence-electron chi connectivity index (χ3n) is 2.56. The molecular weight excluding hydrogens is 260 g/mol. The van der Waals surface area contributed by atoms with Gasteiger partial charge in [-0.2, -0.15) is 5.10 Å². The summed E-state index contributed by atoms with van der Waals surface area (Å²) < 4.78 is 0. The van der Waals surface area contributed by atoms with E-state index in [0.29, 0.717) is 5.56 Å². The second kappa shape index (κ2) is 6.16. The first-order valence-corrected chi connectivity index (χ1v) is 6.20. The molecule has 3 nitrogen and oxygen atoms in total. The first-order valence-electron chi connectivity index (χ1n) is 5.82. The minimum absolute atomic E-state index is 0.0909. The van der Waals surface area contributed by atoms with Crippen LogP contribution in [-0.2, 0) is 0 Å². The number of hydrogen-bond donors (Lipinski definition) is 1. The third kappa shape index (κ3) is 3.66. The van der Waals surface area contributed by atoms with Crippen LogP contribution in [0.3, 0.4) is 0 Å². The van der Waals surface area contributed by atoms with E-state index >= 15 is 0 Å². The number of hydrogen-bond acceptors (Lipinski definition) is 3. The van der Waals surface area contributed by atoms with Crippen LogP contribution in [0.4, 0.5) is 5.69 Å². The highest BCUT2D eigenvalue weighted by atomic mass is 35.5. The van der Waals surface area contributed by atoms with Gasteiger partial charge in [0, 0.05) is 5.56 Å². The van der Waals surface area contributed by atoms with Gasteiger partial charge < -0.3 is 0 Å². The predicted molar refractivity (Wildman–Crippen MR) is 78.9 cm³/mol. The molecule has 0 saturated carbocycles. The van der Waals surface area contributed by atoms with Crippen LogP contribution < -0.4 is 5.43 Å². The van der Waals surface area contributed by atoms with Crippen molar-refractivity contribution < 1.29 is 4.79 Å². The lowest BCUT2D eigenvalue weighted by molar-refractivity contribution is 0.106. The number of Topliss-reactive ketones (excluding diaryl/α,β-unsaturated/α-hetero) is 1. The second-order valence-electron chi connectivity index (χ2n) is 4.08. The van der Waals surface area contributed by atoms with Crippen molar-refractivity contribution in [3.63, 3.8) is 0 Å². The number of carbonyl (C=O) groups is 1. The molecule has 2 aromatic rings. The average molecular weight is 273 g/mol. The first-order chi connectivity index (χ1) is 9.16. The van der Waals surface area contributed by atoms with Crippen LogP contribution in [-0.4, -0.2) is 11.0 Å². The molecule has 2 rings (SSSR count). The molecule has 0 amide bonds. The molecule has 2 aromatic carbocycles. The lowest BCUT2D eigenvalue weighted by Gasteiger charge is -2.02. The monoisotopic (exact) mass is 272 g/mol. The van der Waals surface area contributed by atoms with E-state index in [2.05, 4.69) is 10.5 Å². The summed E-state index contributed by atoms with van der Waals surface area (Å²) in [7, 11) is 0. The molecule has 0 fully saturated rings. The molecule has 96 valence electrons. The minimum atomic E-state index is -0.304. The maximum absolute atomic E-state index is 11.9.